The van der Waals surface area contributed by atoms with Crippen LogP contribution in [0.4, 0.5) is 0 Å². The summed E-state index contributed by atoms with van der Waals surface area (Å²) in [5.41, 5.74) is 1.93. The number of hydrazone groups is 1. The first-order chi connectivity index (χ1) is 11.4. The molecule has 24 heavy (non-hydrogen) atoms. The molecule has 2 aromatic rings. The van der Waals surface area contributed by atoms with Crippen LogP contribution in [0.5, 0.6) is 5.75 Å². The molecule has 9 nitrogen and oxygen atoms in total. The molecule has 0 aliphatic heterocycles. The van der Waals surface area contributed by atoms with Crippen LogP contribution < -0.4 is 16.7 Å². The maximum Gasteiger partial charge on any atom is 0.346 e. The molecular formula is C14H15N5O4S. The third-order valence-corrected chi connectivity index (χ3v) is 3.86. The van der Waals surface area contributed by atoms with Gasteiger partial charge in [-0.15, -0.1) is 0 Å². The summed E-state index contributed by atoms with van der Waals surface area (Å²) in [6.07, 6.45) is 1.42. The highest BCUT2D eigenvalue weighted by molar-refractivity contribution is 7.99. The number of phenolic OH excluding ortho intramolecular Hbond substituents is 1. The van der Waals surface area contributed by atoms with Crippen LogP contribution in [0.3, 0.4) is 0 Å². The number of benzene rings is 1. The van der Waals surface area contributed by atoms with Crippen molar-refractivity contribution in [3.8, 4) is 5.75 Å². The van der Waals surface area contributed by atoms with Gasteiger partial charge in [-0.1, -0.05) is 11.8 Å². The Balaban J connectivity index is 1.93. The van der Waals surface area contributed by atoms with Crippen molar-refractivity contribution in [1.82, 2.24) is 19.8 Å². The lowest BCUT2D eigenvalue weighted by molar-refractivity contribution is -0.118. The van der Waals surface area contributed by atoms with E-state index in [1.54, 1.807) is 12.1 Å². The van der Waals surface area contributed by atoms with Crippen LogP contribution in [0.2, 0.25) is 0 Å². The highest BCUT2D eigenvalue weighted by Crippen LogP contribution is 2.09. The lowest BCUT2D eigenvalue weighted by Gasteiger charge is -2.04. The van der Waals surface area contributed by atoms with E-state index in [1.165, 1.54) is 32.4 Å². The lowest BCUT2D eigenvalue weighted by Crippen LogP contribution is -2.39. The van der Waals surface area contributed by atoms with E-state index in [0.29, 0.717) is 5.56 Å². The van der Waals surface area contributed by atoms with Gasteiger partial charge in [0.15, 0.2) is 5.03 Å². The minimum Gasteiger partial charge on any atom is -0.508 e. The standard InChI is InChI=1S/C14H15N5O4S/c1-18-13(22)12(17-19(2)14(18)23)24-8-11(21)16-15-7-9-3-5-10(20)6-4-9/h3-7,20H,8H2,1-2H3,(H,16,21)/b15-7+. The molecule has 0 saturated carbocycles. The highest BCUT2D eigenvalue weighted by Gasteiger charge is 2.11. The first kappa shape index (κ1) is 17.5. The number of hydrogen-bond donors (Lipinski definition) is 2. The summed E-state index contributed by atoms with van der Waals surface area (Å²) in [4.78, 5) is 35.1. The number of hydrogen-bond acceptors (Lipinski definition) is 7. The Hall–Kier alpha value is -2.88. The van der Waals surface area contributed by atoms with Crippen molar-refractivity contribution in [2.24, 2.45) is 19.2 Å². The second-order valence-corrected chi connectivity index (χ2v) is 5.71. The van der Waals surface area contributed by atoms with E-state index in [2.05, 4.69) is 15.6 Å². The monoisotopic (exact) mass is 349 g/mol. The van der Waals surface area contributed by atoms with Crippen LogP contribution in [0.1, 0.15) is 5.56 Å². The Morgan fingerprint density at radius 2 is 2.00 bits per heavy atom. The molecular weight excluding hydrogens is 334 g/mol. The molecule has 1 aromatic carbocycles. The molecule has 0 unspecified atom stereocenters. The molecule has 1 amide bonds. The summed E-state index contributed by atoms with van der Waals surface area (Å²) < 4.78 is 1.96. The molecule has 10 heteroatoms. The molecule has 0 spiro atoms. The number of carbonyl (C=O) groups excluding carboxylic acids is 1. The van der Waals surface area contributed by atoms with E-state index >= 15 is 0 Å². The van der Waals surface area contributed by atoms with Crippen molar-refractivity contribution in [1.29, 1.82) is 0 Å². The summed E-state index contributed by atoms with van der Waals surface area (Å²) in [6.45, 7) is 0. The molecule has 0 atom stereocenters. The van der Waals surface area contributed by atoms with Gasteiger partial charge in [-0.25, -0.2) is 14.9 Å². The lowest BCUT2D eigenvalue weighted by atomic mass is 10.2. The minimum atomic E-state index is -0.552. The van der Waals surface area contributed by atoms with Crippen LogP contribution in [-0.2, 0) is 18.9 Å². The number of rotatable bonds is 5. The SMILES string of the molecule is Cn1nc(SCC(=O)N/N=C/c2ccc(O)cc2)c(=O)n(C)c1=O. The van der Waals surface area contributed by atoms with Crippen LogP contribution in [0.25, 0.3) is 0 Å². The number of phenols is 1. The Bertz CT molecular complexity index is 886. The van der Waals surface area contributed by atoms with Crippen LogP contribution in [0, 0.1) is 0 Å². The fraction of sp³-hybridized carbons (Fsp3) is 0.214. The largest absolute Gasteiger partial charge is 0.508 e. The molecule has 1 heterocycles. The zero-order valence-electron chi connectivity index (χ0n) is 13.0. The van der Waals surface area contributed by atoms with Crippen LogP contribution in [0.15, 0.2) is 44.0 Å². The molecule has 1 aromatic heterocycles. The van der Waals surface area contributed by atoms with Gasteiger partial charge < -0.3 is 5.11 Å². The third kappa shape index (κ3) is 4.32. The minimum absolute atomic E-state index is 0.0530. The molecule has 0 aliphatic rings. The molecule has 0 aliphatic carbocycles. The number of nitrogens with one attached hydrogen (secondary N) is 1. The number of carbonyl (C=O) groups is 1. The van der Waals surface area contributed by atoms with E-state index in [1.807, 2.05) is 0 Å². The molecule has 0 saturated heterocycles. The zero-order valence-corrected chi connectivity index (χ0v) is 13.8. The van der Waals surface area contributed by atoms with Gasteiger partial charge in [0.1, 0.15) is 5.75 Å². The molecule has 2 rings (SSSR count). The maximum absolute atomic E-state index is 11.9. The van der Waals surface area contributed by atoms with Gasteiger partial charge in [-0.2, -0.15) is 10.2 Å². The summed E-state index contributed by atoms with van der Waals surface area (Å²) in [6, 6.07) is 6.27. The summed E-state index contributed by atoms with van der Waals surface area (Å²) in [5, 5.41) is 16.8. The van der Waals surface area contributed by atoms with Gasteiger partial charge in [-0.05, 0) is 29.8 Å². The van der Waals surface area contributed by atoms with E-state index < -0.39 is 17.2 Å². The number of aromatic hydroxyl groups is 1. The fourth-order valence-corrected chi connectivity index (χ4v) is 2.44. The Morgan fingerprint density at radius 1 is 1.33 bits per heavy atom. The first-order valence-electron chi connectivity index (χ1n) is 6.76. The van der Waals surface area contributed by atoms with Crippen molar-refractivity contribution >= 4 is 23.9 Å². The summed E-state index contributed by atoms with van der Waals surface area (Å²) in [7, 11) is 2.77. The van der Waals surface area contributed by atoms with Gasteiger partial charge in [0.25, 0.3) is 5.56 Å². The normalized spacial score (nSPS) is 10.9. The van der Waals surface area contributed by atoms with Crippen molar-refractivity contribution in [2.45, 2.75) is 5.03 Å². The van der Waals surface area contributed by atoms with Crippen molar-refractivity contribution in [3.05, 3.63) is 50.7 Å². The first-order valence-corrected chi connectivity index (χ1v) is 7.75. The summed E-state index contributed by atoms with van der Waals surface area (Å²) >= 11 is 0.917. The maximum atomic E-state index is 11.9. The van der Waals surface area contributed by atoms with E-state index in [4.69, 9.17) is 5.11 Å². The Kier molecular flexibility index (Phi) is 5.53. The number of aryl methyl sites for hydroxylation is 1. The number of nitrogens with zero attached hydrogens (tertiary/aromatic N) is 4. The average molecular weight is 349 g/mol. The van der Waals surface area contributed by atoms with E-state index in [0.717, 1.165) is 21.0 Å². The highest BCUT2D eigenvalue weighted by atomic mass is 32.2. The van der Waals surface area contributed by atoms with Crippen molar-refractivity contribution < 1.29 is 9.90 Å². The zero-order chi connectivity index (χ0) is 17.7. The fourth-order valence-electron chi connectivity index (χ4n) is 1.67. The van der Waals surface area contributed by atoms with Gasteiger partial charge in [0, 0.05) is 14.1 Å². The molecule has 0 radical (unpaired) electrons. The predicted molar refractivity (Wildman–Crippen MR) is 89.3 cm³/mol. The number of aromatic nitrogens is 3. The van der Waals surface area contributed by atoms with Gasteiger partial charge in [0.2, 0.25) is 5.91 Å². The molecule has 126 valence electrons. The van der Waals surface area contributed by atoms with E-state index in [-0.39, 0.29) is 16.5 Å². The third-order valence-electron chi connectivity index (χ3n) is 2.93. The topological polar surface area (TPSA) is 119 Å². The van der Waals surface area contributed by atoms with Gasteiger partial charge in [-0.3, -0.25) is 14.2 Å². The molecule has 0 fully saturated rings. The van der Waals surface area contributed by atoms with Gasteiger partial charge >= 0.3 is 5.69 Å². The van der Waals surface area contributed by atoms with Gasteiger partial charge in [0.05, 0.1) is 12.0 Å². The number of thioether (sulfide) groups is 1. The second-order valence-electron chi connectivity index (χ2n) is 4.75. The quantitative estimate of drug-likeness (QED) is 0.424. The summed E-state index contributed by atoms with van der Waals surface area (Å²) in [5.74, 6) is -0.362. The second kappa shape index (κ2) is 7.59. The molecule has 0 bridgehead atoms. The Labute approximate surface area is 140 Å². The van der Waals surface area contributed by atoms with Crippen molar-refractivity contribution in [2.75, 3.05) is 5.75 Å². The Morgan fingerprint density at radius 3 is 2.67 bits per heavy atom. The molecule has 2 N–H and O–H groups in total. The smallest absolute Gasteiger partial charge is 0.346 e. The van der Waals surface area contributed by atoms with Crippen LogP contribution in [-0.4, -0.2) is 37.3 Å². The van der Waals surface area contributed by atoms with Crippen molar-refractivity contribution in [3.63, 3.8) is 0 Å². The van der Waals surface area contributed by atoms with Crippen LogP contribution >= 0.6 is 11.8 Å². The predicted octanol–water partition coefficient (Wildman–Crippen LogP) is -0.573. The number of amides is 1. The average Bonchev–Trinajstić information content (AvgIpc) is 2.57. The van der Waals surface area contributed by atoms with E-state index in [9.17, 15) is 14.4 Å².